The van der Waals surface area contributed by atoms with Gasteiger partial charge in [0.05, 0.1) is 50.7 Å². The number of hydrogen-bond donors (Lipinski definition) is 0. The molecular formula is C21H20O10. The van der Waals surface area contributed by atoms with Gasteiger partial charge in [-0.1, -0.05) is 12.2 Å². The molecule has 0 radical (unpaired) electrons. The smallest absolute Gasteiger partial charge is 0.337 e. The van der Waals surface area contributed by atoms with E-state index in [1.807, 2.05) is 0 Å². The molecule has 4 bridgehead atoms. The maximum atomic E-state index is 12.7. The van der Waals surface area contributed by atoms with Crippen LogP contribution in [0.5, 0.6) is 0 Å². The third-order valence-electron chi connectivity index (χ3n) is 5.82. The van der Waals surface area contributed by atoms with Crippen molar-refractivity contribution in [3.63, 3.8) is 0 Å². The molecule has 0 amide bonds. The highest BCUT2D eigenvalue weighted by Gasteiger charge is 2.63. The van der Waals surface area contributed by atoms with Gasteiger partial charge in [-0.15, -0.1) is 0 Å². The molecule has 4 heterocycles. The Balaban J connectivity index is 1.84. The van der Waals surface area contributed by atoms with Crippen LogP contribution < -0.4 is 0 Å². The minimum atomic E-state index is -1.45. The van der Waals surface area contributed by atoms with Gasteiger partial charge >= 0.3 is 23.9 Å². The summed E-state index contributed by atoms with van der Waals surface area (Å²) in [7, 11) is 4.74. The number of fused-ring (bicyclic) bond motifs is 4. The Kier molecular flexibility index (Phi) is 4.86. The summed E-state index contributed by atoms with van der Waals surface area (Å²) in [6, 6.07) is 0. The maximum Gasteiger partial charge on any atom is 0.337 e. The highest BCUT2D eigenvalue weighted by molar-refractivity contribution is 6.06. The minimum Gasteiger partial charge on any atom is -0.466 e. The van der Waals surface area contributed by atoms with E-state index in [4.69, 9.17) is 28.4 Å². The first-order chi connectivity index (χ1) is 14.8. The van der Waals surface area contributed by atoms with E-state index in [1.54, 1.807) is 24.3 Å². The molecule has 4 unspecified atom stereocenters. The molecular weight excluding hydrogens is 412 g/mol. The van der Waals surface area contributed by atoms with Gasteiger partial charge in [-0.25, -0.2) is 19.2 Å². The van der Waals surface area contributed by atoms with Crippen LogP contribution in [0.1, 0.15) is 6.42 Å². The normalized spacial score (nSPS) is 32.0. The van der Waals surface area contributed by atoms with Crippen molar-refractivity contribution in [2.24, 2.45) is 0 Å². The molecule has 0 saturated carbocycles. The largest absolute Gasteiger partial charge is 0.466 e. The summed E-state index contributed by atoms with van der Waals surface area (Å²) < 4.78 is 31.5. The van der Waals surface area contributed by atoms with E-state index in [2.05, 4.69) is 0 Å². The zero-order valence-corrected chi connectivity index (χ0v) is 17.3. The second-order valence-electron chi connectivity index (χ2n) is 7.29. The average molecular weight is 432 g/mol. The van der Waals surface area contributed by atoms with Crippen LogP contribution >= 0.6 is 0 Å². The topological polar surface area (TPSA) is 124 Å². The van der Waals surface area contributed by atoms with Gasteiger partial charge in [0.1, 0.15) is 23.4 Å². The Morgan fingerprint density at radius 1 is 0.710 bits per heavy atom. The van der Waals surface area contributed by atoms with E-state index in [9.17, 15) is 19.2 Å². The second kappa shape index (κ2) is 7.17. The van der Waals surface area contributed by atoms with E-state index < -0.39 is 47.3 Å². The second-order valence-corrected chi connectivity index (χ2v) is 7.29. The van der Waals surface area contributed by atoms with E-state index in [-0.39, 0.29) is 28.7 Å². The minimum absolute atomic E-state index is 0.0153. The van der Waals surface area contributed by atoms with Crippen LogP contribution in [0.4, 0.5) is 0 Å². The molecule has 0 aromatic carbocycles. The summed E-state index contributed by atoms with van der Waals surface area (Å²) in [6.45, 7) is 0. The molecule has 4 atom stereocenters. The third-order valence-corrected chi connectivity index (χ3v) is 5.82. The van der Waals surface area contributed by atoms with Gasteiger partial charge in [0.2, 0.25) is 0 Å². The molecule has 4 aliphatic heterocycles. The van der Waals surface area contributed by atoms with Gasteiger partial charge in [-0.2, -0.15) is 0 Å². The number of methoxy groups -OCH3 is 4. The number of carbonyl (C=O) groups is 4. The lowest BCUT2D eigenvalue weighted by Crippen LogP contribution is -2.44. The lowest BCUT2D eigenvalue weighted by Gasteiger charge is -2.34. The van der Waals surface area contributed by atoms with Crippen molar-refractivity contribution >= 4 is 23.9 Å². The van der Waals surface area contributed by atoms with Crippen molar-refractivity contribution in [1.29, 1.82) is 0 Å². The van der Waals surface area contributed by atoms with Crippen LogP contribution in [0.2, 0.25) is 0 Å². The molecule has 0 fully saturated rings. The fourth-order valence-corrected chi connectivity index (χ4v) is 4.63. The average Bonchev–Trinajstić information content (AvgIpc) is 3.53. The Hall–Kier alpha value is -3.24. The van der Waals surface area contributed by atoms with Crippen molar-refractivity contribution in [3.8, 4) is 0 Å². The highest BCUT2D eigenvalue weighted by atomic mass is 16.6. The lowest BCUT2D eigenvalue weighted by molar-refractivity contribution is -0.140. The quantitative estimate of drug-likeness (QED) is 0.324. The molecule has 0 aromatic heterocycles. The third kappa shape index (κ3) is 2.78. The van der Waals surface area contributed by atoms with Gasteiger partial charge < -0.3 is 28.4 Å². The van der Waals surface area contributed by atoms with Crippen LogP contribution in [0.15, 0.2) is 46.6 Å². The first kappa shape index (κ1) is 21.0. The summed E-state index contributed by atoms with van der Waals surface area (Å²) in [5, 5.41) is 0. The Labute approximate surface area is 177 Å². The molecule has 0 saturated heterocycles. The van der Waals surface area contributed by atoms with Gasteiger partial charge in [0.15, 0.2) is 0 Å². The van der Waals surface area contributed by atoms with E-state index in [0.717, 1.165) is 0 Å². The van der Waals surface area contributed by atoms with E-state index in [0.29, 0.717) is 0 Å². The van der Waals surface area contributed by atoms with Gasteiger partial charge in [0.25, 0.3) is 0 Å². The monoisotopic (exact) mass is 432 g/mol. The Morgan fingerprint density at radius 3 is 1.39 bits per heavy atom. The molecule has 10 heteroatoms. The van der Waals surface area contributed by atoms with Crippen molar-refractivity contribution in [1.82, 2.24) is 0 Å². The number of esters is 4. The molecule has 0 aliphatic carbocycles. The molecule has 0 aromatic rings. The molecule has 31 heavy (non-hydrogen) atoms. The van der Waals surface area contributed by atoms with Crippen molar-refractivity contribution in [2.45, 2.75) is 29.8 Å². The van der Waals surface area contributed by atoms with Crippen LogP contribution in [-0.4, -0.2) is 75.7 Å². The predicted molar refractivity (Wildman–Crippen MR) is 100 cm³/mol. The predicted octanol–water partition coefficient (Wildman–Crippen LogP) is 0.0765. The Morgan fingerprint density at radius 2 is 1.06 bits per heavy atom. The number of carbonyl (C=O) groups excluding carboxylic acids is 4. The van der Waals surface area contributed by atoms with Crippen LogP contribution in [0, 0.1) is 0 Å². The zero-order chi connectivity index (χ0) is 22.6. The number of hydrogen-bond acceptors (Lipinski definition) is 10. The first-order valence-electron chi connectivity index (χ1n) is 9.34. The molecule has 0 N–H and O–H groups in total. The summed E-state index contributed by atoms with van der Waals surface area (Å²) in [6.07, 6.45) is 4.67. The van der Waals surface area contributed by atoms with Crippen molar-refractivity contribution in [2.75, 3.05) is 28.4 Å². The highest BCUT2D eigenvalue weighted by Crippen LogP contribution is 2.54. The maximum absolute atomic E-state index is 12.7. The lowest BCUT2D eigenvalue weighted by atomic mass is 9.74. The van der Waals surface area contributed by atoms with Crippen molar-refractivity contribution < 1.29 is 47.6 Å². The van der Waals surface area contributed by atoms with Crippen LogP contribution in [0.25, 0.3) is 0 Å². The van der Waals surface area contributed by atoms with E-state index >= 15 is 0 Å². The molecule has 4 aliphatic rings. The summed E-state index contributed by atoms with van der Waals surface area (Å²) >= 11 is 0. The van der Waals surface area contributed by atoms with Crippen molar-refractivity contribution in [3.05, 3.63) is 46.6 Å². The van der Waals surface area contributed by atoms with E-state index in [1.165, 1.54) is 28.4 Å². The summed E-state index contributed by atoms with van der Waals surface area (Å²) in [5.74, 6) is -3.03. The number of rotatable bonds is 6. The SMILES string of the molecule is COC(=O)C1=C(C(=O)OC)C2(CC34C=CC(O3)C(C(=O)OC)=C4C(=O)OC)C=CC1O2. The standard InChI is InChI=1S/C21H20O10/c1-26-16(22)12-10-5-7-20(30-10,14(12)18(24)28-3)9-21-8-6-11(31-21)13(17(23)27-2)15(21)19(25)29-4/h5-8,10-11H,9H2,1-4H3. The summed E-state index contributed by atoms with van der Waals surface area (Å²) in [5.41, 5.74) is -2.96. The van der Waals surface area contributed by atoms with Gasteiger partial charge in [0, 0.05) is 6.42 Å². The zero-order valence-electron chi connectivity index (χ0n) is 17.3. The molecule has 4 rings (SSSR count). The Bertz CT molecular complexity index is 935. The molecule has 10 nitrogen and oxygen atoms in total. The van der Waals surface area contributed by atoms with Gasteiger partial charge in [-0.3, -0.25) is 0 Å². The van der Waals surface area contributed by atoms with Gasteiger partial charge in [-0.05, 0) is 12.2 Å². The fraction of sp³-hybridized carbons (Fsp3) is 0.429. The van der Waals surface area contributed by atoms with Crippen LogP contribution in [-0.2, 0) is 47.6 Å². The molecule has 0 spiro atoms. The molecule has 164 valence electrons. The van der Waals surface area contributed by atoms with Crippen LogP contribution in [0.3, 0.4) is 0 Å². The summed E-state index contributed by atoms with van der Waals surface area (Å²) in [4.78, 5) is 50.1. The number of ether oxygens (including phenoxy) is 6. The fourth-order valence-electron chi connectivity index (χ4n) is 4.63. The first-order valence-corrected chi connectivity index (χ1v) is 9.34.